The molecular formula is C20H22N4O. The summed E-state index contributed by atoms with van der Waals surface area (Å²) in [6.07, 6.45) is 4.20. The van der Waals surface area contributed by atoms with E-state index in [-0.39, 0.29) is 5.91 Å². The lowest BCUT2D eigenvalue weighted by Gasteiger charge is -2.10. The lowest BCUT2D eigenvalue weighted by molar-refractivity contribution is 0.0949. The number of para-hydroxylation sites is 1. The van der Waals surface area contributed by atoms with E-state index in [1.54, 1.807) is 12.4 Å². The summed E-state index contributed by atoms with van der Waals surface area (Å²) < 4.78 is 1.89. The van der Waals surface area contributed by atoms with Crippen LogP contribution in [0.3, 0.4) is 0 Å². The summed E-state index contributed by atoms with van der Waals surface area (Å²) in [7, 11) is 0. The minimum absolute atomic E-state index is 0.0990. The van der Waals surface area contributed by atoms with Gasteiger partial charge >= 0.3 is 0 Å². The molecular weight excluding hydrogens is 312 g/mol. The molecule has 0 saturated heterocycles. The quantitative estimate of drug-likeness (QED) is 0.778. The Morgan fingerprint density at radius 3 is 2.64 bits per heavy atom. The van der Waals surface area contributed by atoms with Gasteiger partial charge in [0.1, 0.15) is 0 Å². The standard InChI is InChI=1S/C20H22N4O/c1-4-17-19(20(25)22-13-16-9-7-11-21-12-16)15(3)23-24(17)18-10-6-5-8-14(18)2/h5-12H,4,13H2,1-3H3,(H,22,25). The summed E-state index contributed by atoms with van der Waals surface area (Å²) >= 11 is 0. The number of amides is 1. The van der Waals surface area contributed by atoms with Crippen molar-refractivity contribution in [3.05, 3.63) is 76.9 Å². The maximum absolute atomic E-state index is 12.8. The van der Waals surface area contributed by atoms with E-state index >= 15 is 0 Å². The molecule has 3 aromatic rings. The molecule has 0 radical (unpaired) electrons. The fourth-order valence-electron chi connectivity index (χ4n) is 2.97. The van der Waals surface area contributed by atoms with Crippen molar-refractivity contribution >= 4 is 5.91 Å². The minimum Gasteiger partial charge on any atom is -0.348 e. The van der Waals surface area contributed by atoms with E-state index in [0.717, 1.165) is 34.6 Å². The zero-order chi connectivity index (χ0) is 17.8. The Kier molecular flexibility index (Phi) is 4.93. The van der Waals surface area contributed by atoms with Crippen molar-refractivity contribution in [1.82, 2.24) is 20.1 Å². The smallest absolute Gasteiger partial charge is 0.255 e. The molecule has 0 spiro atoms. The van der Waals surface area contributed by atoms with Crippen LogP contribution in [0.5, 0.6) is 0 Å². The normalized spacial score (nSPS) is 10.7. The molecule has 0 aliphatic carbocycles. The van der Waals surface area contributed by atoms with Crippen LogP contribution < -0.4 is 5.32 Å². The van der Waals surface area contributed by atoms with Gasteiger partial charge in [0.2, 0.25) is 0 Å². The molecule has 2 heterocycles. The number of carbonyl (C=O) groups excluding carboxylic acids is 1. The van der Waals surface area contributed by atoms with Gasteiger partial charge in [-0.05, 0) is 43.5 Å². The van der Waals surface area contributed by atoms with Crippen molar-refractivity contribution in [3.63, 3.8) is 0 Å². The zero-order valence-corrected chi connectivity index (χ0v) is 14.8. The highest BCUT2D eigenvalue weighted by Gasteiger charge is 2.21. The summed E-state index contributed by atoms with van der Waals surface area (Å²) in [4.78, 5) is 16.8. The number of aromatic nitrogens is 3. The summed E-state index contributed by atoms with van der Waals surface area (Å²) in [6, 6.07) is 11.9. The molecule has 25 heavy (non-hydrogen) atoms. The first kappa shape index (κ1) is 16.9. The number of hydrogen-bond donors (Lipinski definition) is 1. The van der Waals surface area contributed by atoms with Crippen LogP contribution in [0.25, 0.3) is 5.69 Å². The van der Waals surface area contributed by atoms with Crippen LogP contribution in [-0.4, -0.2) is 20.7 Å². The van der Waals surface area contributed by atoms with Gasteiger partial charge in [0.15, 0.2) is 0 Å². The number of rotatable bonds is 5. The number of carbonyl (C=O) groups is 1. The average Bonchev–Trinajstić information content (AvgIpc) is 2.97. The fraction of sp³-hybridized carbons (Fsp3) is 0.250. The third-order valence-electron chi connectivity index (χ3n) is 4.24. The highest BCUT2D eigenvalue weighted by Crippen LogP contribution is 2.21. The molecule has 1 N–H and O–H groups in total. The van der Waals surface area contributed by atoms with Gasteiger partial charge < -0.3 is 5.32 Å². The Morgan fingerprint density at radius 2 is 1.96 bits per heavy atom. The van der Waals surface area contributed by atoms with Crippen LogP contribution in [-0.2, 0) is 13.0 Å². The van der Waals surface area contributed by atoms with Crippen molar-refractivity contribution < 1.29 is 4.79 Å². The molecule has 3 rings (SSSR count). The van der Waals surface area contributed by atoms with Gasteiger partial charge in [-0.25, -0.2) is 4.68 Å². The van der Waals surface area contributed by atoms with E-state index < -0.39 is 0 Å². The second-order valence-corrected chi connectivity index (χ2v) is 6.00. The van der Waals surface area contributed by atoms with Gasteiger partial charge in [0.25, 0.3) is 5.91 Å². The van der Waals surface area contributed by atoms with Crippen LogP contribution in [0.4, 0.5) is 0 Å². The van der Waals surface area contributed by atoms with Gasteiger partial charge in [0, 0.05) is 18.9 Å². The van der Waals surface area contributed by atoms with Crippen molar-refractivity contribution in [2.45, 2.75) is 33.7 Å². The van der Waals surface area contributed by atoms with Gasteiger partial charge in [-0.2, -0.15) is 5.10 Å². The van der Waals surface area contributed by atoms with E-state index in [9.17, 15) is 4.79 Å². The van der Waals surface area contributed by atoms with Gasteiger partial charge in [-0.3, -0.25) is 9.78 Å². The Morgan fingerprint density at radius 1 is 1.16 bits per heavy atom. The largest absolute Gasteiger partial charge is 0.348 e. The van der Waals surface area contributed by atoms with Crippen LogP contribution >= 0.6 is 0 Å². The van der Waals surface area contributed by atoms with Crippen molar-refractivity contribution in [2.24, 2.45) is 0 Å². The van der Waals surface area contributed by atoms with Gasteiger partial charge in [0.05, 0.1) is 22.6 Å². The second kappa shape index (κ2) is 7.30. The molecule has 1 aromatic carbocycles. The van der Waals surface area contributed by atoms with Crippen molar-refractivity contribution in [3.8, 4) is 5.69 Å². The molecule has 0 aliphatic heterocycles. The molecule has 0 fully saturated rings. The summed E-state index contributed by atoms with van der Waals surface area (Å²) in [6.45, 7) is 6.43. The average molecular weight is 334 g/mol. The first-order chi connectivity index (χ1) is 12.1. The molecule has 0 bridgehead atoms. The van der Waals surface area contributed by atoms with Crippen LogP contribution in [0.15, 0.2) is 48.8 Å². The Balaban J connectivity index is 1.91. The summed E-state index contributed by atoms with van der Waals surface area (Å²) in [5, 5.41) is 7.61. The number of pyridine rings is 1. The lowest BCUT2D eigenvalue weighted by Crippen LogP contribution is -2.24. The molecule has 0 saturated carbocycles. The predicted octanol–water partition coefficient (Wildman–Crippen LogP) is 3.38. The number of hydrogen-bond acceptors (Lipinski definition) is 3. The minimum atomic E-state index is -0.0990. The zero-order valence-electron chi connectivity index (χ0n) is 14.8. The summed E-state index contributed by atoms with van der Waals surface area (Å²) in [5.74, 6) is -0.0990. The third kappa shape index (κ3) is 3.45. The highest BCUT2D eigenvalue weighted by atomic mass is 16.1. The van der Waals surface area contributed by atoms with Crippen LogP contribution in [0, 0.1) is 13.8 Å². The Hall–Kier alpha value is -2.95. The molecule has 0 aliphatic rings. The maximum atomic E-state index is 12.8. The van der Waals surface area contributed by atoms with E-state index in [1.165, 1.54) is 0 Å². The van der Waals surface area contributed by atoms with Crippen molar-refractivity contribution in [2.75, 3.05) is 0 Å². The topological polar surface area (TPSA) is 59.8 Å². The number of aryl methyl sites for hydroxylation is 2. The van der Waals surface area contributed by atoms with Gasteiger partial charge in [-0.1, -0.05) is 31.2 Å². The van der Waals surface area contributed by atoms with E-state index in [0.29, 0.717) is 12.1 Å². The van der Waals surface area contributed by atoms with Crippen LogP contribution in [0.2, 0.25) is 0 Å². The van der Waals surface area contributed by atoms with Gasteiger partial charge in [-0.15, -0.1) is 0 Å². The first-order valence-electron chi connectivity index (χ1n) is 8.43. The number of nitrogens with zero attached hydrogens (tertiary/aromatic N) is 3. The molecule has 5 heteroatoms. The predicted molar refractivity (Wildman–Crippen MR) is 97.8 cm³/mol. The van der Waals surface area contributed by atoms with Crippen LogP contribution in [0.1, 0.15) is 39.8 Å². The Bertz CT molecular complexity index is 884. The molecule has 2 aromatic heterocycles. The maximum Gasteiger partial charge on any atom is 0.255 e. The number of nitrogens with one attached hydrogen (secondary N) is 1. The molecule has 5 nitrogen and oxygen atoms in total. The number of benzene rings is 1. The van der Waals surface area contributed by atoms with E-state index in [2.05, 4.69) is 15.4 Å². The fourth-order valence-corrected chi connectivity index (χ4v) is 2.97. The molecule has 0 atom stereocenters. The molecule has 1 amide bonds. The SMILES string of the molecule is CCc1c(C(=O)NCc2cccnc2)c(C)nn1-c1ccccc1C. The Labute approximate surface area is 147 Å². The second-order valence-electron chi connectivity index (χ2n) is 6.00. The first-order valence-corrected chi connectivity index (χ1v) is 8.43. The molecule has 0 unspecified atom stereocenters. The summed E-state index contributed by atoms with van der Waals surface area (Å²) in [5.41, 5.74) is 5.43. The lowest BCUT2D eigenvalue weighted by atomic mass is 10.1. The third-order valence-corrected chi connectivity index (χ3v) is 4.24. The highest BCUT2D eigenvalue weighted by molar-refractivity contribution is 5.96. The van der Waals surface area contributed by atoms with Crippen molar-refractivity contribution in [1.29, 1.82) is 0 Å². The monoisotopic (exact) mass is 334 g/mol. The van der Waals surface area contributed by atoms with E-state index in [4.69, 9.17) is 0 Å². The molecule has 128 valence electrons. The van der Waals surface area contributed by atoms with E-state index in [1.807, 2.05) is 61.9 Å².